The number of nitrogens with zero attached hydrogens (tertiary/aromatic N) is 1. The van der Waals surface area contributed by atoms with Crippen molar-refractivity contribution < 1.29 is 4.79 Å². The van der Waals surface area contributed by atoms with Gasteiger partial charge in [0.2, 0.25) is 0 Å². The van der Waals surface area contributed by atoms with Crippen LogP contribution in [-0.4, -0.2) is 23.9 Å². The number of nitrogens with two attached hydrogens (primary N) is 1. The highest BCUT2D eigenvalue weighted by atomic mass is 35.5. The second-order valence-corrected chi connectivity index (χ2v) is 4.41. The first kappa shape index (κ1) is 13.8. The van der Waals surface area contributed by atoms with Crippen molar-refractivity contribution in [1.29, 1.82) is 0 Å². The minimum absolute atomic E-state index is 0.0184. The minimum Gasteiger partial charge on any atom is -0.398 e. The quantitative estimate of drug-likeness (QED) is 0.821. The average Bonchev–Trinajstić information content (AvgIpc) is 2.29. The van der Waals surface area contributed by atoms with E-state index >= 15 is 0 Å². The van der Waals surface area contributed by atoms with Gasteiger partial charge in [0.15, 0.2) is 0 Å². The topological polar surface area (TPSA) is 46.3 Å². The van der Waals surface area contributed by atoms with Gasteiger partial charge in [0.25, 0.3) is 5.91 Å². The molecule has 0 radical (unpaired) electrons. The average molecular weight is 255 g/mol. The van der Waals surface area contributed by atoms with Gasteiger partial charge in [0.1, 0.15) is 0 Å². The number of benzene rings is 1. The number of amides is 1. The van der Waals surface area contributed by atoms with Gasteiger partial charge in [0.05, 0.1) is 5.56 Å². The van der Waals surface area contributed by atoms with Crippen LogP contribution >= 0.6 is 11.6 Å². The lowest BCUT2D eigenvalue weighted by molar-refractivity contribution is 0.0763. The SMILES string of the molecule is CCCCN(CC)C(=O)c1ccc(Cl)cc1N. The Morgan fingerprint density at radius 3 is 2.65 bits per heavy atom. The molecule has 0 saturated carbocycles. The van der Waals surface area contributed by atoms with E-state index in [1.54, 1.807) is 18.2 Å². The maximum absolute atomic E-state index is 12.2. The Morgan fingerprint density at radius 2 is 2.12 bits per heavy atom. The number of rotatable bonds is 5. The van der Waals surface area contributed by atoms with E-state index < -0.39 is 0 Å². The molecule has 0 aliphatic rings. The Labute approximate surface area is 108 Å². The maximum Gasteiger partial charge on any atom is 0.255 e. The van der Waals surface area contributed by atoms with E-state index in [2.05, 4.69) is 6.92 Å². The van der Waals surface area contributed by atoms with E-state index in [-0.39, 0.29) is 5.91 Å². The van der Waals surface area contributed by atoms with E-state index in [1.165, 1.54) is 0 Å². The molecule has 94 valence electrons. The second kappa shape index (κ2) is 6.50. The zero-order valence-electron chi connectivity index (χ0n) is 10.4. The van der Waals surface area contributed by atoms with Crippen LogP contribution in [0, 0.1) is 0 Å². The number of nitrogen functional groups attached to an aromatic ring is 1. The lowest BCUT2D eigenvalue weighted by Gasteiger charge is -2.21. The van der Waals surface area contributed by atoms with Crippen LogP contribution in [-0.2, 0) is 0 Å². The van der Waals surface area contributed by atoms with Crippen LogP contribution in [0.2, 0.25) is 5.02 Å². The van der Waals surface area contributed by atoms with Gasteiger partial charge in [0, 0.05) is 23.8 Å². The van der Waals surface area contributed by atoms with Gasteiger partial charge in [-0.3, -0.25) is 4.79 Å². The van der Waals surface area contributed by atoms with Crippen LogP contribution in [0.25, 0.3) is 0 Å². The molecule has 0 atom stereocenters. The number of carbonyl (C=O) groups is 1. The van der Waals surface area contributed by atoms with Crippen molar-refractivity contribution in [2.75, 3.05) is 18.8 Å². The minimum atomic E-state index is -0.0184. The van der Waals surface area contributed by atoms with Crippen LogP contribution in [0.1, 0.15) is 37.0 Å². The molecule has 1 aromatic carbocycles. The molecule has 0 aliphatic carbocycles. The van der Waals surface area contributed by atoms with E-state index in [0.717, 1.165) is 19.4 Å². The Hall–Kier alpha value is -1.22. The van der Waals surface area contributed by atoms with Gasteiger partial charge in [-0.1, -0.05) is 24.9 Å². The van der Waals surface area contributed by atoms with E-state index in [1.807, 2.05) is 11.8 Å². The van der Waals surface area contributed by atoms with Gasteiger partial charge in [-0.2, -0.15) is 0 Å². The molecule has 2 N–H and O–H groups in total. The van der Waals surface area contributed by atoms with Crippen molar-refractivity contribution >= 4 is 23.2 Å². The molecule has 1 amide bonds. The molecule has 1 rings (SSSR count). The van der Waals surface area contributed by atoms with Crippen molar-refractivity contribution in [3.8, 4) is 0 Å². The lowest BCUT2D eigenvalue weighted by atomic mass is 10.1. The van der Waals surface area contributed by atoms with Crippen molar-refractivity contribution in [2.45, 2.75) is 26.7 Å². The molecule has 4 heteroatoms. The predicted molar refractivity (Wildman–Crippen MR) is 72.3 cm³/mol. The zero-order valence-corrected chi connectivity index (χ0v) is 11.1. The molecule has 0 heterocycles. The molecule has 0 aromatic heterocycles. The highest BCUT2D eigenvalue weighted by molar-refractivity contribution is 6.31. The normalized spacial score (nSPS) is 10.3. The Balaban J connectivity index is 2.86. The van der Waals surface area contributed by atoms with Crippen LogP contribution in [0.4, 0.5) is 5.69 Å². The highest BCUT2D eigenvalue weighted by Gasteiger charge is 2.16. The Bertz CT molecular complexity index is 393. The number of anilines is 1. The van der Waals surface area contributed by atoms with E-state index in [0.29, 0.717) is 22.8 Å². The second-order valence-electron chi connectivity index (χ2n) is 3.97. The van der Waals surface area contributed by atoms with Crippen LogP contribution in [0.15, 0.2) is 18.2 Å². The summed E-state index contributed by atoms with van der Waals surface area (Å²) in [6, 6.07) is 5.00. The zero-order chi connectivity index (χ0) is 12.8. The van der Waals surface area contributed by atoms with Crippen molar-refractivity contribution in [3.63, 3.8) is 0 Å². The molecule has 1 aromatic rings. The van der Waals surface area contributed by atoms with E-state index in [4.69, 9.17) is 17.3 Å². The molecular weight excluding hydrogens is 236 g/mol. The number of halogens is 1. The summed E-state index contributed by atoms with van der Waals surface area (Å²) in [5.74, 6) is -0.0184. The first-order valence-electron chi connectivity index (χ1n) is 5.94. The lowest BCUT2D eigenvalue weighted by Crippen LogP contribution is -2.32. The molecule has 3 nitrogen and oxygen atoms in total. The fraction of sp³-hybridized carbons (Fsp3) is 0.462. The number of hydrogen-bond acceptors (Lipinski definition) is 2. The standard InChI is InChI=1S/C13H19ClN2O/c1-3-5-8-16(4-2)13(17)11-7-6-10(14)9-12(11)15/h6-7,9H,3-5,8,15H2,1-2H3. The van der Waals surface area contributed by atoms with Crippen LogP contribution < -0.4 is 5.73 Å². The molecular formula is C13H19ClN2O. The Kier molecular flexibility index (Phi) is 5.29. The third-order valence-electron chi connectivity index (χ3n) is 2.69. The van der Waals surface area contributed by atoms with Gasteiger partial charge in [-0.15, -0.1) is 0 Å². The summed E-state index contributed by atoms with van der Waals surface area (Å²) in [6.07, 6.45) is 2.08. The summed E-state index contributed by atoms with van der Waals surface area (Å²) in [7, 11) is 0. The van der Waals surface area contributed by atoms with Crippen LogP contribution in [0.3, 0.4) is 0 Å². The van der Waals surface area contributed by atoms with Gasteiger partial charge >= 0.3 is 0 Å². The molecule has 0 aliphatic heterocycles. The first-order valence-corrected chi connectivity index (χ1v) is 6.32. The molecule has 0 saturated heterocycles. The fourth-order valence-corrected chi connectivity index (χ4v) is 1.83. The summed E-state index contributed by atoms with van der Waals surface area (Å²) < 4.78 is 0. The predicted octanol–water partition coefficient (Wildman–Crippen LogP) is 3.18. The Morgan fingerprint density at radius 1 is 1.41 bits per heavy atom. The van der Waals surface area contributed by atoms with Crippen molar-refractivity contribution in [2.24, 2.45) is 0 Å². The summed E-state index contributed by atoms with van der Waals surface area (Å²) >= 11 is 5.81. The highest BCUT2D eigenvalue weighted by Crippen LogP contribution is 2.19. The molecule has 0 spiro atoms. The monoisotopic (exact) mass is 254 g/mol. The smallest absolute Gasteiger partial charge is 0.255 e. The third-order valence-corrected chi connectivity index (χ3v) is 2.93. The largest absolute Gasteiger partial charge is 0.398 e. The molecule has 0 bridgehead atoms. The van der Waals surface area contributed by atoms with Gasteiger partial charge < -0.3 is 10.6 Å². The first-order chi connectivity index (χ1) is 8.10. The van der Waals surface area contributed by atoms with Gasteiger partial charge in [-0.25, -0.2) is 0 Å². The fourth-order valence-electron chi connectivity index (χ4n) is 1.65. The summed E-state index contributed by atoms with van der Waals surface area (Å²) in [6.45, 7) is 5.55. The van der Waals surface area contributed by atoms with E-state index in [9.17, 15) is 4.79 Å². The van der Waals surface area contributed by atoms with Crippen molar-refractivity contribution in [3.05, 3.63) is 28.8 Å². The molecule has 17 heavy (non-hydrogen) atoms. The summed E-state index contributed by atoms with van der Waals surface area (Å²) in [5.41, 5.74) is 6.79. The summed E-state index contributed by atoms with van der Waals surface area (Å²) in [4.78, 5) is 14.0. The van der Waals surface area contributed by atoms with Crippen molar-refractivity contribution in [1.82, 2.24) is 4.90 Å². The molecule has 0 unspecified atom stereocenters. The maximum atomic E-state index is 12.2. The van der Waals surface area contributed by atoms with Gasteiger partial charge in [-0.05, 0) is 31.5 Å². The third kappa shape index (κ3) is 3.63. The van der Waals surface area contributed by atoms with Crippen LogP contribution in [0.5, 0.6) is 0 Å². The number of unbranched alkanes of at least 4 members (excludes halogenated alkanes) is 1. The number of hydrogen-bond donors (Lipinski definition) is 1. The number of carbonyl (C=O) groups excluding carboxylic acids is 1. The summed E-state index contributed by atoms with van der Waals surface area (Å²) in [5, 5.41) is 0.552. The molecule has 0 fully saturated rings.